The van der Waals surface area contributed by atoms with Gasteiger partial charge in [0, 0.05) is 43.9 Å². The third kappa shape index (κ3) is 4.37. The molecule has 2 rings (SSSR count). The number of hydrogen-bond acceptors (Lipinski definition) is 4. The van der Waals surface area contributed by atoms with Crippen molar-refractivity contribution < 1.29 is 9.47 Å². The maximum atomic E-state index is 6.02. The average molecular weight is 310 g/mol. The Hall–Kier alpha value is -1.72. The summed E-state index contributed by atoms with van der Waals surface area (Å²) in [6.45, 7) is 4.35. The highest BCUT2D eigenvalue weighted by Gasteiger charge is 2.06. The molecule has 1 aromatic carbocycles. The molecule has 2 aromatic rings. The Kier molecular flexibility index (Phi) is 5.90. The van der Waals surface area contributed by atoms with E-state index in [1.54, 1.807) is 19.4 Å². The second-order valence-corrected chi connectivity index (χ2v) is 4.88. The number of halogens is 1. The summed E-state index contributed by atoms with van der Waals surface area (Å²) >= 11 is 6.02. The normalized spacial score (nSPS) is 10.6. The number of hydrogen-bond donors (Lipinski definition) is 1. The van der Waals surface area contributed by atoms with Crippen LogP contribution in [0.3, 0.4) is 0 Å². The topological polar surface area (TPSA) is 48.3 Å². The summed E-state index contributed by atoms with van der Waals surface area (Å²) in [5.41, 5.74) is 0.883. The largest absolute Gasteiger partial charge is 0.495 e. The highest BCUT2D eigenvalue weighted by molar-refractivity contribution is 6.32. The Labute approximate surface area is 129 Å². The van der Waals surface area contributed by atoms with Crippen molar-refractivity contribution in [2.24, 2.45) is 0 Å². The van der Waals surface area contributed by atoms with Crippen molar-refractivity contribution in [1.29, 1.82) is 0 Å². The Morgan fingerprint density at radius 2 is 2.24 bits per heavy atom. The van der Waals surface area contributed by atoms with Crippen LogP contribution in [0.1, 0.15) is 13.3 Å². The quantitative estimate of drug-likeness (QED) is 0.755. The lowest BCUT2D eigenvalue weighted by Gasteiger charge is -2.11. The molecule has 6 heteroatoms. The molecule has 0 aliphatic carbocycles. The summed E-state index contributed by atoms with van der Waals surface area (Å²) < 4.78 is 12.6. The first-order chi connectivity index (χ1) is 10.2. The second kappa shape index (κ2) is 7.90. The first-order valence-electron chi connectivity index (χ1n) is 6.94. The number of methoxy groups -OCH3 is 1. The van der Waals surface area contributed by atoms with Gasteiger partial charge in [-0.3, -0.25) is 0 Å². The zero-order chi connectivity index (χ0) is 15.1. The van der Waals surface area contributed by atoms with Gasteiger partial charge in [-0.05, 0) is 25.5 Å². The third-order valence-corrected chi connectivity index (χ3v) is 3.33. The molecular formula is C15H20ClN3O2. The summed E-state index contributed by atoms with van der Waals surface area (Å²) in [6, 6.07) is 5.54. The molecule has 1 aromatic heterocycles. The van der Waals surface area contributed by atoms with E-state index in [1.807, 2.05) is 25.3 Å². The standard InChI is InChI=1S/C15H20ClN3O2/c1-3-21-10-4-8-19-9-7-17-15(19)18-12-5-6-13(16)14(11-12)20-2/h5-7,9,11H,3-4,8,10H2,1-2H3,(H,17,18). The van der Waals surface area contributed by atoms with Crippen molar-refractivity contribution in [2.75, 3.05) is 25.6 Å². The van der Waals surface area contributed by atoms with Gasteiger partial charge >= 0.3 is 0 Å². The molecule has 0 amide bonds. The number of rotatable bonds is 8. The molecule has 1 N–H and O–H groups in total. The van der Waals surface area contributed by atoms with Gasteiger partial charge in [0.15, 0.2) is 0 Å². The first-order valence-corrected chi connectivity index (χ1v) is 7.31. The SMILES string of the molecule is CCOCCCn1ccnc1Nc1ccc(Cl)c(OC)c1. The van der Waals surface area contributed by atoms with Crippen molar-refractivity contribution in [2.45, 2.75) is 19.9 Å². The van der Waals surface area contributed by atoms with Gasteiger partial charge in [-0.2, -0.15) is 0 Å². The fourth-order valence-electron chi connectivity index (χ4n) is 1.96. The number of aromatic nitrogens is 2. The highest BCUT2D eigenvalue weighted by atomic mass is 35.5. The molecule has 21 heavy (non-hydrogen) atoms. The number of benzene rings is 1. The maximum absolute atomic E-state index is 6.02. The van der Waals surface area contributed by atoms with E-state index in [0.29, 0.717) is 10.8 Å². The van der Waals surface area contributed by atoms with Crippen LogP contribution < -0.4 is 10.1 Å². The second-order valence-electron chi connectivity index (χ2n) is 4.47. The summed E-state index contributed by atoms with van der Waals surface area (Å²) in [7, 11) is 1.60. The predicted octanol–water partition coefficient (Wildman–Crippen LogP) is 3.72. The number of nitrogens with zero attached hydrogens (tertiary/aromatic N) is 2. The zero-order valence-corrected chi connectivity index (χ0v) is 13.1. The minimum absolute atomic E-state index is 0.586. The van der Waals surface area contributed by atoms with Crippen molar-refractivity contribution >= 4 is 23.2 Å². The molecule has 0 radical (unpaired) electrons. The molecule has 0 unspecified atom stereocenters. The van der Waals surface area contributed by atoms with Crippen LogP contribution in [-0.4, -0.2) is 29.9 Å². The number of nitrogens with one attached hydrogen (secondary N) is 1. The number of imidazole rings is 1. The molecule has 0 spiro atoms. The van der Waals surface area contributed by atoms with Gasteiger partial charge in [0.05, 0.1) is 12.1 Å². The fourth-order valence-corrected chi connectivity index (χ4v) is 2.16. The summed E-state index contributed by atoms with van der Waals surface area (Å²) in [4.78, 5) is 4.33. The van der Waals surface area contributed by atoms with Crippen LogP contribution in [0, 0.1) is 0 Å². The van der Waals surface area contributed by atoms with Crippen molar-refractivity contribution in [1.82, 2.24) is 9.55 Å². The smallest absolute Gasteiger partial charge is 0.207 e. The third-order valence-electron chi connectivity index (χ3n) is 3.01. The van der Waals surface area contributed by atoms with Gasteiger partial charge in [-0.1, -0.05) is 11.6 Å². The van der Waals surface area contributed by atoms with Gasteiger partial charge < -0.3 is 19.4 Å². The minimum Gasteiger partial charge on any atom is -0.495 e. The lowest BCUT2D eigenvalue weighted by molar-refractivity contribution is 0.142. The van der Waals surface area contributed by atoms with E-state index >= 15 is 0 Å². The van der Waals surface area contributed by atoms with Crippen molar-refractivity contribution in [3.05, 3.63) is 35.6 Å². The van der Waals surface area contributed by atoms with Crippen molar-refractivity contribution in [3.63, 3.8) is 0 Å². The summed E-state index contributed by atoms with van der Waals surface area (Å²) in [5, 5.41) is 3.85. The van der Waals surface area contributed by atoms with Gasteiger partial charge in [0.2, 0.25) is 5.95 Å². The highest BCUT2D eigenvalue weighted by Crippen LogP contribution is 2.28. The van der Waals surface area contributed by atoms with Crippen LogP contribution in [0.25, 0.3) is 0 Å². The molecule has 1 heterocycles. The minimum atomic E-state index is 0.586. The van der Waals surface area contributed by atoms with E-state index in [4.69, 9.17) is 21.1 Å². The first kappa shape index (κ1) is 15.7. The Morgan fingerprint density at radius 1 is 1.38 bits per heavy atom. The van der Waals surface area contributed by atoms with E-state index in [2.05, 4.69) is 14.9 Å². The lowest BCUT2D eigenvalue weighted by atomic mass is 10.3. The van der Waals surface area contributed by atoms with Crippen molar-refractivity contribution in [3.8, 4) is 5.75 Å². The fraction of sp³-hybridized carbons (Fsp3) is 0.400. The molecule has 0 fully saturated rings. The molecular weight excluding hydrogens is 290 g/mol. The summed E-state index contributed by atoms with van der Waals surface area (Å²) in [6.07, 6.45) is 4.67. The van der Waals surface area contributed by atoms with E-state index in [0.717, 1.165) is 37.8 Å². The Morgan fingerprint density at radius 3 is 3.00 bits per heavy atom. The molecule has 5 nitrogen and oxygen atoms in total. The van der Waals surface area contributed by atoms with E-state index < -0.39 is 0 Å². The van der Waals surface area contributed by atoms with Crippen LogP contribution in [0.4, 0.5) is 11.6 Å². The van der Waals surface area contributed by atoms with Crippen LogP contribution in [0.2, 0.25) is 5.02 Å². The number of aryl methyl sites for hydroxylation is 1. The number of ether oxygens (including phenoxy) is 2. The average Bonchev–Trinajstić information content (AvgIpc) is 2.93. The van der Waals surface area contributed by atoms with E-state index in [1.165, 1.54) is 0 Å². The van der Waals surface area contributed by atoms with E-state index in [9.17, 15) is 0 Å². The van der Waals surface area contributed by atoms with E-state index in [-0.39, 0.29) is 0 Å². The van der Waals surface area contributed by atoms with Crippen LogP contribution >= 0.6 is 11.6 Å². The zero-order valence-electron chi connectivity index (χ0n) is 12.3. The Balaban J connectivity index is 2.01. The van der Waals surface area contributed by atoms with Gasteiger partial charge in [-0.25, -0.2) is 4.98 Å². The van der Waals surface area contributed by atoms with Gasteiger partial charge in [-0.15, -0.1) is 0 Å². The lowest BCUT2D eigenvalue weighted by Crippen LogP contribution is -2.06. The Bertz CT molecular complexity index is 572. The maximum Gasteiger partial charge on any atom is 0.207 e. The van der Waals surface area contributed by atoms with Crippen LogP contribution in [-0.2, 0) is 11.3 Å². The van der Waals surface area contributed by atoms with Crippen LogP contribution in [0.5, 0.6) is 5.75 Å². The monoisotopic (exact) mass is 309 g/mol. The van der Waals surface area contributed by atoms with Gasteiger partial charge in [0.1, 0.15) is 5.75 Å². The summed E-state index contributed by atoms with van der Waals surface area (Å²) in [5.74, 6) is 1.42. The molecule has 0 saturated carbocycles. The predicted molar refractivity (Wildman–Crippen MR) is 84.6 cm³/mol. The number of anilines is 2. The molecule has 114 valence electrons. The molecule has 0 aliphatic rings. The molecule has 0 atom stereocenters. The van der Waals surface area contributed by atoms with Gasteiger partial charge in [0.25, 0.3) is 0 Å². The molecule has 0 bridgehead atoms. The van der Waals surface area contributed by atoms with Crippen LogP contribution in [0.15, 0.2) is 30.6 Å². The molecule has 0 aliphatic heterocycles. The molecule has 0 saturated heterocycles.